The molecule has 0 bridgehead atoms. The fourth-order valence-corrected chi connectivity index (χ4v) is 11.9. The lowest BCUT2D eigenvalue weighted by Gasteiger charge is -2.32. The van der Waals surface area contributed by atoms with Crippen LogP contribution in [-0.4, -0.2) is 0 Å². The molecule has 0 saturated heterocycles. The fraction of sp³-hybridized carbons (Fsp3) is 0.286. The third-order valence-corrected chi connectivity index (χ3v) is 15.9. The van der Waals surface area contributed by atoms with Gasteiger partial charge in [-0.2, -0.15) is 0 Å². The maximum absolute atomic E-state index is 7.26. The Balaban J connectivity index is 1.11. The van der Waals surface area contributed by atoms with E-state index in [9.17, 15) is 0 Å². The number of rotatable bonds is 8. The minimum absolute atomic E-state index is 0.00315. The molecule has 0 fully saturated rings. The molecule has 0 radical (unpaired) electrons. The van der Waals surface area contributed by atoms with Crippen molar-refractivity contribution in [2.24, 2.45) is 0 Å². The summed E-state index contributed by atoms with van der Waals surface area (Å²) in [6.07, 6.45) is 0. The molecule has 4 nitrogen and oxygen atoms in total. The summed E-state index contributed by atoms with van der Waals surface area (Å²) in [5, 5.41) is 9.20. The molecule has 2 heterocycles. The Morgan fingerprint density at radius 3 is 1.08 bits per heavy atom. The number of furan rings is 2. The summed E-state index contributed by atoms with van der Waals surface area (Å²) in [5.74, 6) is 0.329. The molecule has 0 saturated carbocycles. The highest BCUT2D eigenvalue weighted by Crippen LogP contribution is 2.51. The van der Waals surface area contributed by atoms with Crippen LogP contribution in [0.2, 0.25) is 0 Å². The molecule has 11 rings (SSSR count). The molecule has 374 valence electrons. The number of hydrogen-bond donors (Lipinski definition) is 0. The molecule has 0 atom stereocenters. The van der Waals surface area contributed by atoms with Crippen molar-refractivity contribution in [3.05, 3.63) is 189 Å². The van der Waals surface area contributed by atoms with Gasteiger partial charge in [0, 0.05) is 55.4 Å². The topological polar surface area (TPSA) is 32.8 Å². The van der Waals surface area contributed by atoms with Crippen LogP contribution in [0.25, 0.3) is 65.4 Å². The summed E-state index contributed by atoms with van der Waals surface area (Å²) < 4.78 is 14.5. The number of benzene rings is 9. The first-order valence-electron chi connectivity index (χ1n) is 26.8. The van der Waals surface area contributed by atoms with E-state index in [4.69, 9.17) is 8.83 Å². The standard InChI is InChI=1S/C70H72N2O2/c1-39(2)61-63-55-33-47-25-29-53(71(65-43(7)19-17-20-44(65)8)57-37-51(69(11,12)13)27-23-41(57)5)31-49(47)35-59(55)74-68(63)62(40(3)4)64-56-34-48-26-30-54(32-50(48)36-60(56)73-67(61)64)72(66-45(9)21-18-22-46(66)10)58-38-52(70(14,15)16)28-24-42(58)6/h17-40H,1-16H3. The van der Waals surface area contributed by atoms with Crippen molar-refractivity contribution in [1.29, 1.82) is 0 Å². The van der Waals surface area contributed by atoms with Crippen molar-refractivity contribution >= 4 is 99.5 Å². The molecule has 2 aromatic heterocycles. The quantitative estimate of drug-likeness (QED) is 0.152. The summed E-state index contributed by atoms with van der Waals surface area (Å²) in [7, 11) is 0. The predicted molar refractivity (Wildman–Crippen MR) is 319 cm³/mol. The average Bonchev–Trinajstić information content (AvgIpc) is 3.88. The van der Waals surface area contributed by atoms with E-state index in [0.717, 1.165) is 66.0 Å². The zero-order valence-corrected chi connectivity index (χ0v) is 46.6. The zero-order chi connectivity index (χ0) is 52.4. The SMILES string of the molecule is Cc1ccc(C(C)(C)C)cc1N(c1ccc2cc3c(cc2c1)oc1c(C(C)C)c2c(oc4cc5cc(N(c6cc(C(C)(C)C)ccc6C)c6c(C)cccc6C)ccc5cc42)c(C(C)C)c13)c1c(C)cccc1C. The fourth-order valence-electron chi connectivity index (χ4n) is 11.9. The minimum atomic E-state index is 0.00315. The lowest BCUT2D eigenvalue weighted by Crippen LogP contribution is -2.17. The predicted octanol–water partition coefficient (Wildman–Crippen LogP) is 21.4. The van der Waals surface area contributed by atoms with E-state index in [0.29, 0.717) is 0 Å². The molecule has 9 aromatic carbocycles. The molecule has 4 heteroatoms. The Bertz CT molecular complexity index is 3760. The highest BCUT2D eigenvalue weighted by Gasteiger charge is 2.29. The van der Waals surface area contributed by atoms with Gasteiger partial charge in [-0.3, -0.25) is 0 Å². The van der Waals surface area contributed by atoms with Crippen LogP contribution in [0.3, 0.4) is 0 Å². The van der Waals surface area contributed by atoms with Gasteiger partial charge in [0.2, 0.25) is 0 Å². The normalized spacial score (nSPS) is 12.6. The highest BCUT2D eigenvalue weighted by molar-refractivity contribution is 6.22. The molecule has 0 unspecified atom stereocenters. The third-order valence-electron chi connectivity index (χ3n) is 15.9. The van der Waals surface area contributed by atoms with Gasteiger partial charge in [-0.25, -0.2) is 0 Å². The summed E-state index contributed by atoms with van der Waals surface area (Å²) in [4.78, 5) is 4.95. The van der Waals surface area contributed by atoms with Crippen LogP contribution >= 0.6 is 0 Å². The van der Waals surface area contributed by atoms with Crippen molar-refractivity contribution < 1.29 is 8.83 Å². The molecule has 0 spiro atoms. The molecule has 0 aliphatic rings. The van der Waals surface area contributed by atoms with E-state index in [1.165, 1.54) is 89.2 Å². The van der Waals surface area contributed by atoms with Gasteiger partial charge in [0.1, 0.15) is 22.3 Å². The molecule has 0 amide bonds. The average molecular weight is 973 g/mol. The smallest absolute Gasteiger partial charge is 0.140 e. The highest BCUT2D eigenvalue weighted by atomic mass is 16.3. The van der Waals surface area contributed by atoms with E-state index in [1.54, 1.807) is 0 Å². The summed E-state index contributed by atoms with van der Waals surface area (Å²) in [6.45, 7) is 36.3. The molecule has 0 aliphatic heterocycles. The van der Waals surface area contributed by atoms with Gasteiger partial charge in [0.05, 0.1) is 11.4 Å². The first-order valence-corrected chi connectivity index (χ1v) is 26.8. The number of fused-ring (bicyclic) bond motifs is 8. The van der Waals surface area contributed by atoms with Crippen LogP contribution in [0.15, 0.2) is 142 Å². The molecule has 0 N–H and O–H groups in total. The van der Waals surface area contributed by atoms with Gasteiger partial charge in [0.25, 0.3) is 0 Å². The van der Waals surface area contributed by atoms with Gasteiger partial charge in [-0.15, -0.1) is 0 Å². The van der Waals surface area contributed by atoms with Gasteiger partial charge >= 0.3 is 0 Å². The molecule has 11 aromatic rings. The molecular weight excluding hydrogens is 901 g/mol. The Morgan fingerprint density at radius 2 is 0.743 bits per heavy atom. The monoisotopic (exact) mass is 973 g/mol. The van der Waals surface area contributed by atoms with E-state index < -0.39 is 0 Å². The summed E-state index contributed by atoms with van der Waals surface area (Å²) in [5.41, 5.74) is 23.2. The van der Waals surface area contributed by atoms with Crippen molar-refractivity contribution in [2.45, 2.75) is 133 Å². The summed E-state index contributed by atoms with van der Waals surface area (Å²) >= 11 is 0. The van der Waals surface area contributed by atoms with Crippen LogP contribution in [0.4, 0.5) is 34.1 Å². The minimum Gasteiger partial charge on any atom is -0.456 e. The Kier molecular flexibility index (Phi) is 11.7. The Hall–Kier alpha value is -7.30. The van der Waals surface area contributed by atoms with Crippen LogP contribution in [0.5, 0.6) is 0 Å². The number of nitrogens with zero attached hydrogens (tertiary/aromatic N) is 2. The van der Waals surface area contributed by atoms with Gasteiger partial charge in [-0.05, 0) is 191 Å². The van der Waals surface area contributed by atoms with E-state index >= 15 is 0 Å². The van der Waals surface area contributed by atoms with Crippen LogP contribution in [-0.2, 0) is 10.8 Å². The number of aryl methyl sites for hydroxylation is 6. The van der Waals surface area contributed by atoms with Gasteiger partial charge < -0.3 is 18.6 Å². The van der Waals surface area contributed by atoms with Crippen molar-refractivity contribution in [3.63, 3.8) is 0 Å². The second-order valence-electron chi connectivity index (χ2n) is 24.2. The van der Waals surface area contributed by atoms with E-state index in [2.05, 4.69) is 254 Å². The number of hydrogen-bond acceptors (Lipinski definition) is 4. The first-order chi connectivity index (χ1) is 35.1. The zero-order valence-electron chi connectivity index (χ0n) is 46.6. The van der Waals surface area contributed by atoms with Crippen molar-refractivity contribution in [3.8, 4) is 0 Å². The molecular formula is C70H72N2O2. The Labute approximate surface area is 438 Å². The largest absolute Gasteiger partial charge is 0.456 e. The maximum atomic E-state index is 7.26. The number of para-hydroxylation sites is 2. The first kappa shape index (κ1) is 48.9. The van der Waals surface area contributed by atoms with Gasteiger partial charge in [0.15, 0.2) is 0 Å². The van der Waals surface area contributed by atoms with E-state index in [1.807, 2.05) is 0 Å². The second kappa shape index (κ2) is 17.7. The molecule has 74 heavy (non-hydrogen) atoms. The van der Waals surface area contributed by atoms with E-state index in [-0.39, 0.29) is 22.7 Å². The maximum Gasteiger partial charge on any atom is 0.140 e. The second-order valence-corrected chi connectivity index (χ2v) is 24.2. The van der Waals surface area contributed by atoms with Crippen LogP contribution in [0.1, 0.15) is 137 Å². The third kappa shape index (κ3) is 8.04. The Morgan fingerprint density at radius 1 is 0.378 bits per heavy atom. The number of anilines is 6. The lowest BCUT2D eigenvalue weighted by atomic mass is 9.86. The molecule has 0 aliphatic carbocycles. The van der Waals surface area contributed by atoms with Crippen molar-refractivity contribution in [2.75, 3.05) is 9.80 Å². The lowest BCUT2D eigenvalue weighted by molar-refractivity contribution is 0.590. The van der Waals surface area contributed by atoms with Crippen molar-refractivity contribution in [1.82, 2.24) is 0 Å². The van der Waals surface area contributed by atoms with Crippen LogP contribution in [0, 0.1) is 41.5 Å². The van der Waals surface area contributed by atoms with Crippen LogP contribution < -0.4 is 9.80 Å². The summed E-state index contributed by atoms with van der Waals surface area (Å²) in [6, 6.07) is 50.3. The van der Waals surface area contributed by atoms with Gasteiger partial charge in [-0.1, -0.05) is 142 Å².